The number of fused-ring (bicyclic) bond motifs is 1. The van der Waals surface area contributed by atoms with Crippen molar-refractivity contribution in [2.24, 2.45) is 0 Å². The molecule has 3 aromatic rings. The predicted octanol–water partition coefficient (Wildman–Crippen LogP) is 4.32. The summed E-state index contributed by atoms with van der Waals surface area (Å²) in [5.74, 6) is 1.19. The van der Waals surface area contributed by atoms with Crippen LogP contribution in [-0.4, -0.2) is 43.5 Å². The Morgan fingerprint density at radius 3 is 2.65 bits per heavy atom. The van der Waals surface area contributed by atoms with E-state index in [0.717, 1.165) is 11.3 Å². The van der Waals surface area contributed by atoms with Crippen molar-refractivity contribution in [3.05, 3.63) is 42.5 Å². The first-order valence-corrected chi connectivity index (χ1v) is 11.2. The normalized spacial score (nSPS) is 12.3. The van der Waals surface area contributed by atoms with Crippen LogP contribution in [0.4, 0.5) is 5.69 Å². The fraction of sp³-hybridized carbons (Fsp3) is 0.278. The van der Waals surface area contributed by atoms with E-state index in [-0.39, 0.29) is 13.2 Å². The Bertz CT molecular complexity index is 854. The Morgan fingerprint density at radius 1 is 1.19 bits per heavy atom. The standard InChI is InChI=1S/C18H19IN2O4S/c1-21(2)13-5-3-12(4-6-13)18-20-16-9-15(7-8-17(16)25-18)23-10-14(22)11-24-26-19/h3-9,14,22H,10-11H2,1-2H3/t14-/m1/s1. The Balaban J connectivity index is 1.72. The summed E-state index contributed by atoms with van der Waals surface area (Å²) in [5.41, 5.74) is 3.43. The van der Waals surface area contributed by atoms with Gasteiger partial charge in [-0.2, -0.15) is 0 Å². The van der Waals surface area contributed by atoms with Crippen molar-refractivity contribution in [2.75, 3.05) is 32.2 Å². The van der Waals surface area contributed by atoms with Gasteiger partial charge in [-0.3, -0.25) is 0 Å². The molecule has 6 nitrogen and oxygen atoms in total. The van der Waals surface area contributed by atoms with Gasteiger partial charge in [-0.05, 0) is 36.4 Å². The number of hydrogen-bond acceptors (Lipinski definition) is 7. The van der Waals surface area contributed by atoms with E-state index in [2.05, 4.69) is 4.98 Å². The third kappa shape index (κ3) is 4.81. The van der Waals surface area contributed by atoms with Crippen LogP contribution in [0.15, 0.2) is 46.9 Å². The number of hydrogen-bond donors (Lipinski definition) is 1. The lowest BCUT2D eigenvalue weighted by Gasteiger charge is -2.11. The number of anilines is 1. The molecular weight excluding hydrogens is 467 g/mol. The summed E-state index contributed by atoms with van der Waals surface area (Å²) in [5, 5.41) is 9.76. The molecule has 2 aromatic carbocycles. The molecule has 0 aliphatic heterocycles. The molecule has 0 aliphatic carbocycles. The fourth-order valence-electron chi connectivity index (χ4n) is 2.37. The van der Waals surface area contributed by atoms with E-state index in [9.17, 15) is 5.11 Å². The Labute approximate surface area is 168 Å². The number of rotatable bonds is 8. The van der Waals surface area contributed by atoms with Gasteiger partial charge >= 0.3 is 0 Å². The minimum Gasteiger partial charge on any atom is -0.491 e. The lowest BCUT2D eigenvalue weighted by atomic mass is 10.2. The van der Waals surface area contributed by atoms with Crippen LogP contribution in [0.25, 0.3) is 22.6 Å². The van der Waals surface area contributed by atoms with Gasteiger partial charge in [0.1, 0.15) is 24.0 Å². The van der Waals surface area contributed by atoms with Gasteiger partial charge in [0.2, 0.25) is 5.89 Å². The summed E-state index contributed by atoms with van der Waals surface area (Å²) < 4.78 is 16.5. The Kier molecular flexibility index (Phi) is 6.63. The van der Waals surface area contributed by atoms with Gasteiger partial charge in [0.15, 0.2) is 5.58 Å². The molecule has 3 rings (SSSR count). The van der Waals surface area contributed by atoms with Gasteiger partial charge in [-0.1, -0.05) is 0 Å². The molecule has 0 spiro atoms. The van der Waals surface area contributed by atoms with E-state index >= 15 is 0 Å². The van der Waals surface area contributed by atoms with Crippen LogP contribution in [0.5, 0.6) is 5.75 Å². The molecule has 0 saturated heterocycles. The zero-order chi connectivity index (χ0) is 18.5. The van der Waals surface area contributed by atoms with Crippen molar-refractivity contribution in [1.29, 1.82) is 0 Å². The van der Waals surface area contributed by atoms with Crippen LogP contribution in [0.1, 0.15) is 0 Å². The zero-order valence-electron chi connectivity index (χ0n) is 14.4. The van der Waals surface area contributed by atoms with Crippen molar-refractivity contribution in [3.63, 3.8) is 0 Å². The molecule has 0 saturated carbocycles. The first kappa shape index (κ1) is 19.3. The van der Waals surface area contributed by atoms with Crippen LogP contribution in [0.3, 0.4) is 0 Å². The molecule has 1 atom stereocenters. The Morgan fingerprint density at radius 2 is 1.96 bits per heavy atom. The molecule has 0 unspecified atom stereocenters. The number of halogens is 1. The van der Waals surface area contributed by atoms with Crippen molar-refractivity contribution < 1.29 is 18.4 Å². The molecule has 0 fully saturated rings. The lowest BCUT2D eigenvalue weighted by molar-refractivity contribution is 0.0707. The van der Waals surface area contributed by atoms with Gasteiger partial charge in [-0.25, -0.2) is 4.98 Å². The molecule has 138 valence electrons. The highest BCUT2D eigenvalue weighted by Crippen LogP contribution is 2.28. The number of nitrogens with zero attached hydrogens (tertiary/aromatic N) is 2. The van der Waals surface area contributed by atoms with Gasteiger partial charge < -0.3 is 23.3 Å². The second-order valence-corrected chi connectivity index (χ2v) is 7.34. The smallest absolute Gasteiger partial charge is 0.227 e. The number of aliphatic hydroxyl groups excluding tert-OH is 1. The highest BCUT2D eigenvalue weighted by molar-refractivity contribution is 14.2. The molecule has 0 bridgehead atoms. The number of benzene rings is 2. The number of aromatic nitrogens is 1. The van der Waals surface area contributed by atoms with E-state index in [1.807, 2.05) is 70.5 Å². The summed E-state index contributed by atoms with van der Waals surface area (Å²) in [7, 11) is 5.19. The van der Waals surface area contributed by atoms with E-state index < -0.39 is 6.10 Å². The average Bonchev–Trinajstić information content (AvgIpc) is 3.08. The second-order valence-electron chi connectivity index (χ2n) is 5.90. The first-order chi connectivity index (χ1) is 12.6. The minimum absolute atomic E-state index is 0.152. The van der Waals surface area contributed by atoms with Gasteiger partial charge in [-0.15, -0.1) is 0 Å². The van der Waals surface area contributed by atoms with Crippen molar-refractivity contribution in [1.82, 2.24) is 4.98 Å². The average molecular weight is 486 g/mol. The number of oxazole rings is 1. The second kappa shape index (κ2) is 8.94. The third-order valence-electron chi connectivity index (χ3n) is 3.74. The quantitative estimate of drug-likeness (QED) is 0.376. The van der Waals surface area contributed by atoms with Crippen LogP contribution < -0.4 is 9.64 Å². The molecule has 1 N–H and O–H groups in total. The van der Waals surface area contributed by atoms with Crippen LogP contribution in [0.2, 0.25) is 0 Å². The summed E-state index contributed by atoms with van der Waals surface area (Å²) in [6.07, 6.45) is -0.684. The molecule has 8 heteroatoms. The maximum atomic E-state index is 9.76. The number of aliphatic hydroxyl groups is 1. The third-order valence-corrected chi connectivity index (χ3v) is 4.73. The highest BCUT2D eigenvalue weighted by atomic mass is 127. The van der Waals surface area contributed by atoms with E-state index in [0.29, 0.717) is 22.7 Å². The SMILES string of the molecule is CN(C)c1ccc(-c2nc3cc(OC[C@@H](O)COSI)ccc3o2)cc1. The summed E-state index contributed by atoms with van der Waals surface area (Å²) >= 11 is 2.00. The largest absolute Gasteiger partial charge is 0.491 e. The highest BCUT2D eigenvalue weighted by Gasteiger charge is 2.11. The topological polar surface area (TPSA) is 68.0 Å². The molecule has 1 aromatic heterocycles. The van der Waals surface area contributed by atoms with Crippen molar-refractivity contribution in [2.45, 2.75) is 6.10 Å². The van der Waals surface area contributed by atoms with Gasteiger partial charge in [0, 0.05) is 52.6 Å². The predicted molar refractivity (Wildman–Crippen MR) is 113 cm³/mol. The maximum absolute atomic E-state index is 9.76. The van der Waals surface area contributed by atoms with E-state index in [4.69, 9.17) is 13.3 Å². The van der Waals surface area contributed by atoms with Crippen LogP contribution in [0, 0.1) is 0 Å². The lowest BCUT2D eigenvalue weighted by Crippen LogP contribution is -2.21. The van der Waals surface area contributed by atoms with E-state index in [1.54, 1.807) is 12.1 Å². The monoisotopic (exact) mass is 486 g/mol. The van der Waals surface area contributed by atoms with Crippen molar-refractivity contribution >= 4 is 47.2 Å². The number of ether oxygens (including phenoxy) is 1. The molecule has 26 heavy (non-hydrogen) atoms. The summed E-state index contributed by atoms with van der Waals surface area (Å²) in [6, 6.07) is 13.4. The van der Waals surface area contributed by atoms with E-state index in [1.165, 1.54) is 9.21 Å². The van der Waals surface area contributed by atoms with Gasteiger partial charge in [0.25, 0.3) is 0 Å². The molecular formula is C18H19IN2O4S. The fourth-order valence-corrected chi connectivity index (χ4v) is 3.02. The van der Waals surface area contributed by atoms with Gasteiger partial charge in [0.05, 0.1) is 15.8 Å². The summed E-state index contributed by atoms with van der Waals surface area (Å²) in [6.45, 7) is 0.367. The molecule has 1 heterocycles. The summed E-state index contributed by atoms with van der Waals surface area (Å²) in [4.78, 5) is 6.58. The molecule has 0 aliphatic rings. The molecule has 0 radical (unpaired) electrons. The first-order valence-electron chi connectivity index (χ1n) is 7.96. The zero-order valence-corrected chi connectivity index (χ0v) is 17.4. The Hall–Kier alpha value is -1.49. The maximum Gasteiger partial charge on any atom is 0.227 e. The van der Waals surface area contributed by atoms with Crippen LogP contribution in [-0.2, 0) is 4.18 Å². The van der Waals surface area contributed by atoms with Crippen LogP contribution >= 0.6 is 30.4 Å². The minimum atomic E-state index is -0.684. The molecule has 0 amide bonds. The van der Waals surface area contributed by atoms with Crippen molar-refractivity contribution in [3.8, 4) is 17.2 Å².